The second-order valence-corrected chi connectivity index (χ2v) is 7.74. The molecule has 0 saturated heterocycles. The Morgan fingerprint density at radius 3 is 2.48 bits per heavy atom. The number of hydrogen-bond acceptors (Lipinski definition) is 4. The Bertz CT molecular complexity index is 1050. The molecule has 0 atom stereocenters. The summed E-state index contributed by atoms with van der Waals surface area (Å²) in [5.41, 5.74) is 1.27. The minimum absolute atomic E-state index is 0.0437. The van der Waals surface area contributed by atoms with Crippen LogP contribution in [0.1, 0.15) is 48.2 Å². The number of halogens is 1. The van der Waals surface area contributed by atoms with E-state index >= 15 is 0 Å². The lowest BCUT2D eigenvalue weighted by atomic mass is 9.88. The highest BCUT2D eigenvalue weighted by atomic mass is 35.5. The van der Waals surface area contributed by atoms with Crippen LogP contribution < -0.4 is 10.1 Å². The summed E-state index contributed by atoms with van der Waals surface area (Å²) >= 11 is 5.94. The monoisotopic (exact) mass is 411 g/mol. The van der Waals surface area contributed by atoms with Crippen molar-refractivity contribution >= 4 is 39.9 Å². The second-order valence-electron chi connectivity index (χ2n) is 7.30. The number of amides is 1. The fraction of sp³-hybridized carbons (Fsp3) is 0.304. The zero-order valence-corrected chi connectivity index (χ0v) is 16.9. The molecule has 1 heterocycles. The molecule has 1 aliphatic rings. The highest BCUT2D eigenvalue weighted by Gasteiger charge is 2.28. The highest BCUT2D eigenvalue weighted by molar-refractivity contribution is 6.30. The average molecular weight is 412 g/mol. The van der Waals surface area contributed by atoms with Gasteiger partial charge in [0, 0.05) is 21.9 Å². The maximum atomic E-state index is 13.2. The van der Waals surface area contributed by atoms with Gasteiger partial charge in [0.05, 0.1) is 12.8 Å². The summed E-state index contributed by atoms with van der Waals surface area (Å²) < 4.78 is 11.3. The molecule has 1 amide bonds. The summed E-state index contributed by atoms with van der Waals surface area (Å²) in [4.78, 5) is 26.1. The number of carbonyl (C=O) groups excluding carboxylic acids is 2. The van der Waals surface area contributed by atoms with Gasteiger partial charge in [-0.2, -0.15) is 0 Å². The maximum absolute atomic E-state index is 13.2. The number of hydrogen-bond donors (Lipinski definition) is 1. The zero-order valence-electron chi connectivity index (χ0n) is 16.2. The van der Waals surface area contributed by atoms with Gasteiger partial charge in [0.2, 0.25) is 11.7 Å². The Kier molecular flexibility index (Phi) is 5.58. The van der Waals surface area contributed by atoms with E-state index in [0.29, 0.717) is 33.0 Å². The topological polar surface area (TPSA) is 68.5 Å². The van der Waals surface area contributed by atoms with E-state index < -0.39 is 0 Å². The van der Waals surface area contributed by atoms with Crippen molar-refractivity contribution in [3.05, 3.63) is 58.8 Å². The summed E-state index contributed by atoms with van der Waals surface area (Å²) in [6.07, 6.45) is 5.00. The Morgan fingerprint density at radius 2 is 1.79 bits per heavy atom. The largest absolute Gasteiger partial charge is 0.493 e. The second kappa shape index (κ2) is 8.29. The normalized spacial score (nSPS) is 14.7. The lowest BCUT2D eigenvalue weighted by Gasteiger charge is -2.20. The van der Waals surface area contributed by atoms with Crippen LogP contribution in [0.3, 0.4) is 0 Å². The number of ketones is 1. The standard InChI is InChI=1S/C23H22ClNO4/c1-28-18-9-5-8-17-19(25-23(27)15-6-3-2-4-7-15)22(29-21(17)18)20(26)14-10-12-16(24)13-11-14/h5,8-13,15H,2-4,6-7H2,1H3,(H,25,27). The predicted octanol–water partition coefficient (Wildman–Crippen LogP) is 5.84. The van der Waals surface area contributed by atoms with Gasteiger partial charge in [0.25, 0.3) is 0 Å². The molecule has 4 rings (SSSR count). The van der Waals surface area contributed by atoms with Crippen molar-refractivity contribution in [2.45, 2.75) is 32.1 Å². The third-order valence-corrected chi connectivity index (χ3v) is 5.69. The van der Waals surface area contributed by atoms with E-state index in [4.69, 9.17) is 20.8 Å². The third-order valence-electron chi connectivity index (χ3n) is 5.44. The number of nitrogens with one attached hydrogen (secondary N) is 1. The first kappa shape index (κ1) is 19.5. The Hall–Kier alpha value is -2.79. The van der Waals surface area contributed by atoms with Crippen molar-refractivity contribution in [1.82, 2.24) is 0 Å². The van der Waals surface area contributed by atoms with Crippen molar-refractivity contribution in [1.29, 1.82) is 0 Å². The van der Waals surface area contributed by atoms with Gasteiger partial charge in [-0.25, -0.2) is 0 Å². The van der Waals surface area contributed by atoms with Crippen molar-refractivity contribution in [2.24, 2.45) is 5.92 Å². The van der Waals surface area contributed by atoms with Crippen molar-refractivity contribution in [3.63, 3.8) is 0 Å². The van der Waals surface area contributed by atoms with Crippen molar-refractivity contribution in [2.75, 3.05) is 12.4 Å². The maximum Gasteiger partial charge on any atom is 0.230 e. The fourth-order valence-electron chi connectivity index (χ4n) is 3.86. The fourth-order valence-corrected chi connectivity index (χ4v) is 3.99. The van der Waals surface area contributed by atoms with Crippen LogP contribution >= 0.6 is 11.6 Å². The molecule has 1 saturated carbocycles. The Balaban J connectivity index is 1.77. The lowest BCUT2D eigenvalue weighted by molar-refractivity contribution is -0.120. The number of fused-ring (bicyclic) bond motifs is 1. The Labute approximate surface area is 174 Å². The van der Waals surface area contributed by atoms with E-state index in [-0.39, 0.29) is 23.4 Å². The van der Waals surface area contributed by atoms with Crippen molar-refractivity contribution in [3.8, 4) is 5.75 Å². The van der Waals surface area contributed by atoms with Crippen LogP contribution in [0.5, 0.6) is 5.75 Å². The number of benzene rings is 2. The van der Waals surface area contributed by atoms with E-state index in [0.717, 1.165) is 32.1 Å². The van der Waals surface area contributed by atoms with Crippen LogP contribution in [-0.2, 0) is 4.79 Å². The summed E-state index contributed by atoms with van der Waals surface area (Å²) in [5.74, 6) is 0.166. The quantitative estimate of drug-likeness (QED) is 0.535. The van der Waals surface area contributed by atoms with E-state index in [9.17, 15) is 9.59 Å². The summed E-state index contributed by atoms with van der Waals surface area (Å²) in [7, 11) is 1.54. The molecular weight excluding hydrogens is 390 g/mol. The Morgan fingerprint density at radius 1 is 1.07 bits per heavy atom. The third kappa shape index (κ3) is 3.87. The molecule has 29 heavy (non-hydrogen) atoms. The smallest absolute Gasteiger partial charge is 0.230 e. The summed E-state index contributed by atoms with van der Waals surface area (Å²) in [5, 5.41) is 4.17. The van der Waals surface area contributed by atoms with Gasteiger partial charge in [-0.15, -0.1) is 0 Å². The zero-order chi connectivity index (χ0) is 20.4. The molecule has 2 aromatic carbocycles. The molecular formula is C23H22ClNO4. The van der Waals surface area contributed by atoms with Gasteiger partial charge in [0.15, 0.2) is 17.1 Å². The minimum Gasteiger partial charge on any atom is -0.493 e. The molecule has 0 bridgehead atoms. The lowest BCUT2D eigenvalue weighted by Crippen LogP contribution is -2.25. The molecule has 6 heteroatoms. The summed E-state index contributed by atoms with van der Waals surface area (Å²) in [6, 6.07) is 12.0. The van der Waals surface area contributed by atoms with Crippen LogP contribution in [0.25, 0.3) is 11.0 Å². The molecule has 0 unspecified atom stereocenters. The molecule has 0 spiro atoms. The molecule has 5 nitrogen and oxygen atoms in total. The first-order chi connectivity index (χ1) is 14.1. The van der Waals surface area contributed by atoms with Crippen molar-refractivity contribution < 1.29 is 18.7 Å². The van der Waals surface area contributed by atoms with Gasteiger partial charge in [-0.1, -0.05) is 36.9 Å². The van der Waals surface area contributed by atoms with Crippen LogP contribution in [0.15, 0.2) is 46.9 Å². The molecule has 1 aliphatic carbocycles. The first-order valence-electron chi connectivity index (χ1n) is 9.79. The number of anilines is 1. The van der Waals surface area contributed by atoms with Crippen LogP contribution in [0, 0.1) is 5.92 Å². The molecule has 150 valence electrons. The SMILES string of the molecule is COc1cccc2c(NC(=O)C3CCCCC3)c(C(=O)c3ccc(Cl)cc3)oc12. The predicted molar refractivity (Wildman–Crippen MR) is 113 cm³/mol. The molecule has 3 aromatic rings. The van der Waals surface area contributed by atoms with Gasteiger partial charge >= 0.3 is 0 Å². The number of para-hydroxylation sites is 1. The summed E-state index contributed by atoms with van der Waals surface area (Å²) in [6.45, 7) is 0. The van der Waals surface area contributed by atoms with E-state index in [1.165, 1.54) is 7.11 Å². The molecule has 1 fully saturated rings. The van der Waals surface area contributed by atoms with Gasteiger partial charge in [-0.05, 0) is 49.2 Å². The minimum atomic E-state index is -0.320. The molecule has 1 N–H and O–H groups in total. The number of methoxy groups -OCH3 is 1. The first-order valence-corrected chi connectivity index (χ1v) is 10.2. The van der Waals surface area contributed by atoms with Crippen LogP contribution in [0.4, 0.5) is 5.69 Å². The highest BCUT2D eigenvalue weighted by Crippen LogP contribution is 2.38. The van der Waals surface area contributed by atoms with Crippen LogP contribution in [-0.4, -0.2) is 18.8 Å². The molecule has 1 aromatic heterocycles. The number of furan rings is 1. The van der Waals surface area contributed by atoms with Gasteiger partial charge < -0.3 is 14.5 Å². The number of carbonyl (C=O) groups is 2. The number of ether oxygens (including phenoxy) is 1. The van der Waals surface area contributed by atoms with Gasteiger partial charge in [-0.3, -0.25) is 9.59 Å². The van der Waals surface area contributed by atoms with E-state index in [2.05, 4.69) is 5.32 Å². The molecule has 0 radical (unpaired) electrons. The average Bonchev–Trinajstić information content (AvgIpc) is 3.13. The van der Waals surface area contributed by atoms with Gasteiger partial charge in [0.1, 0.15) is 0 Å². The molecule has 0 aliphatic heterocycles. The number of rotatable bonds is 5. The van der Waals surface area contributed by atoms with Crippen LogP contribution in [0.2, 0.25) is 5.02 Å². The van der Waals surface area contributed by atoms with E-state index in [1.54, 1.807) is 30.3 Å². The van der Waals surface area contributed by atoms with E-state index in [1.807, 2.05) is 12.1 Å².